The number of nitrogens with one attached hydrogen (secondary N) is 2. The van der Waals surface area contributed by atoms with Gasteiger partial charge < -0.3 is 20.2 Å². The molecule has 2 unspecified atom stereocenters. The zero-order valence-electron chi connectivity index (χ0n) is 17.5. The lowest BCUT2D eigenvalue weighted by atomic mass is 9.71. The second-order valence-corrected chi connectivity index (χ2v) is 9.16. The van der Waals surface area contributed by atoms with E-state index < -0.39 is 16.9 Å². The highest BCUT2D eigenvalue weighted by Gasteiger charge is 2.40. The van der Waals surface area contributed by atoms with Crippen molar-refractivity contribution in [2.75, 3.05) is 40.8 Å². The first-order valence-corrected chi connectivity index (χ1v) is 9.28. The second kappa shape index (κ2) is 9.53. The number of aliphatic hydroxyl groups excluding tert-OH is 1. The van der Waals surface area contributed by atoms with Crippen molar-refractivity contribution >= 4 is 11.8 Å². The van der Waals surface area contributed by atoms with Crippen LogP contribution in [-0.2, 0) is 9.59 Å². The van der Waals surface area contributed by atoms with E-state index in [4.69, 9.17) is 0 Å². The summed E-state index contributed by atoms with van der Waals surface area (Å²) in [7, 11) is 6.39. The average Bonchev–Trinajstić information content (AvgIpc) is 2.47. The van der Waals surface area contributed by atoms with Crippen LogP contribution in [0, 0.1) is 10.8 Å². The van der Waals surface area contributed by atoms with Crippen molar-refractivity contribution in [1.29, 1.82) is 0 Å². The Kier molecular flexibility index (Phi) is 9.09. The van der Waals surface area contributed by atoms with Gasteiger partial charge in [0.05, 0.1) is 33.8 Å². The summed E-state index contributed by atoms with van der Waals surface area (Å²) in [5.74, 6) is -0.126. The molecule has 0 aliphatic rings. The molecule has 0 fully saturated rings. The molecule has 3 N–H and O–H groups in total. The average molecular weight is 359 g/mol. The van der Waals surface area contributed by atoms with Crippen molar-refractivity contribution in [3.63, 3.8) is 0 Å². The summed E-state index contributed by atoms with van der Waals surface area (Å²) in [4.78, 5) is 25.1. The van der Waals surface area contributed by atoms with Gasteiger partial charge >= 0.3 is 0 Å². The molecule has 0 saturated carbocycles. The van der Waals surface area contributed by atoms with Crippen LogP contribution < -0.4 is 10.6 Å². The molecule has 0 bridgehead atoms. The largest absolute Gasteiger partial charge is 0.392 e. The normalized spacial score (nSPS) is 16.0. The highest BCUT2D eigenvalue weighted by atomic mass is 16.3. The van der Waals surface area contributed by atoms with Crippen molar-refractivity contribution in [3.05, 3.63) is 0 Å². The fourth-order valence-corrected chi connectivity index (χ4v) is 2.87. The van der Waals surface area contributed by atoms with E-state index >= 15 is 0 Å². The number of aliphatic hydroxyl groups is 1. The first-order chi connectivity index (χ1) is 11.2. The molecule has 0 aromatic rings. The fourth-order valence-electron chi connectivity index (χ4n) is 2.87. The Labute approximate surface area is 153 Å². The summed E-state index contributed by atoms with van der Waals surface area (Å²) in [6, 6.07) is 0. The lowest BCUT2D eigenvalue weighted by Gasteiger charge is -2.35. The summed E-state index contributed by atoms with van der Waals surface area (Å²) in [5, 5.41) is 15.2. The molecule has 148 valence electrons. The second-order valence-electron chi connectivity index (χ2n) is 9.16. The molecule has 2 amide bonds. The number of amides is 2. The zero-order valence-corrected chi connectivity index (χ0v) is 17.5. The first-order valence-electron chi connectivity index (χ1n) is 9.28. The van der Waals surface area contributed by atoms with Crippen molar-refractivity contribution in [3.8, 4) is 0 Å². The maximum Gasteiger partial charge on any atom is 0.226 e. The van der Waals surface area contributed by atoms with Gasteiger partial charge in [-0.2, -0.15) is 0 Å². The third kappa shape index (κ3) is 9.21. The van der Waals surface area contributed by atoms with Gasteiger partial charge in [0.15, 0.2) is 0 Å². The van der Waals surface area contributed by atoms with Gasteiger partial charge in [-0.25, -0.2) is 0 Å². The smallest absolute Gasteiger partial charge is 0.226 e. The number of hydrogen-bond donors (Lipinski definition) is 3. The van der Waals surface area contributed by atoms with Crippen LogP contribution in [0.25, 0.3) is 0 Å². The van der Waals surface area contributed by atoms with Gasteiger partial charge in [-0.05, 0) is 19.8 Å². The number of quaternary nitrogens is 1. The van der Waals surface area contributed by atoms with Gasteiger partial charge in [0.2, 0.25) is 11.8 Å². The molecule has 2 atom stereocenters. The van der Waals surface area contributed by atoms with Crippen molar-refractivity contribution < 1.29 is 19.2 Å². The highest BCUT2D eigenvalue weighted by molar-refractivity contribution is 5.85. The molecule has 0 spiro atoms. The van der Waals surface area contributed by atoms with Crippen LogP contribution >= 0.6 is 0 Å². The Bertz CT molecular complexity index is 442. The fraction of sp³-hybridized carbons (Fsp3) is 0.895. The van der Waals surface area contributed by atoms with E-state index in [-0.39, 0.29) is 18.4 Å². The van der Waals surface area contributed by atoms with Crippen molar-refractivity contribution in [2.24, 2.45) is 10.8 Å². The van der Waals surface area contributed by atoms with Crippen molar-refractivity contribution in [1.82, 2.24) is 10.6 Å². The molecule has 0 aliphatic heterocycles. The molecule has 0 saturated heterocycles. The predicted molar refractivity (Wildman–Crippen MR) is 102 cm³/mol. The Morgan fingerprint density at radius 3 is 2.08 bits per heavy atom. The number of rotatable bonds is 11. The van der Waals surface area contributed by atoms with Crippen LogP contribution in [0.1, 0.15) is 53.9 Å². The van der Waals surface area contributed by atoms with Gasteiger partial charge in [-0.1, -0.05) is 27.7 Å². The van der Waals surface area contributed by atoms with Crippen LogP contribution in [-0.4, -0.2) is 68.3 Å². The Balaban J connectivity index is 4.71. The standard InChI is InChI=1S/C19H39N3O3/c1-9-19(5,17(25)21-13-15(2)23)14-18(3,4)16(24)20-11-10-12-22(6,7)8/h15,23H,9-14H2,1-8H3,(H-,20,21,24,25)/p+1. The molecule has 0 rings (SSSR count). The van der Waals surface area contributed by atoms with Crippen molar-refractivity contribution in [2.45, 2.75) is 60.0 Å². The minimum atomic E-state index is -0.641. The maximum absolute atomic E-state index is 12.6. The lowest BCUT2D eigenvalue weighted by molar-refractivity contribution is -0.870. The van der Waals surface area contributed by atoms with E-state index in [1.807, 2.05) is 27.7 Å². The monoisotopic (exact) mass is 358 g/mol. The minimum absolute atomic E-state index is 0.0167. The number of hydrogen-bond acceptors (Lipinski definition) is 3. The van der Waals surface area contributed by atoms with Gasteiger partial charge in [0, 0.05) is 30.3 Å². The highest BCUT2D eigenvalue weighted by Crippen LogP contribution is 2.37. The predicted octanol–water partition coefficient (Wildman–Crippen LogP) is 1.53. The van der Waals surface area contributed by atoms with E-state index in [1.54, 1.807) is 6.92 Å². The quantitative estimate of drug-likeness (QED) is 0.387. The number of nitrogens with zero attached hydrogens (tertiary/aromatic N) is 1. The third-order valence-corrected chi connectivity index (χ3v) is 4.62. The summed E-state index contributed by atoms with van der Waals surface area (Å²) < 4.78 is 0.872. The van der Waals surface area contributed by atoms with Gasteiger partial charge in [0.1, 0.15) is 0 Å². The molecule has 0 radical (unpaired) electrons. The topological polar surface area (TPSA) is 78.4 Å². The Morgan fingerprint density at radius 2 is 1.64 bits per heavy atom. The van der Waals surface area contributed by atoms with E-state index in [0.717, 1.165) is 17.4 Å². The van der Waals surface area contributed by atoms with Crippen LogP contribution in [0.4, 0.5) is 0 Å². The molecule has 6 heteroatoms. The molecule has 25 heavy (non-hydrogen) atoms. The van der Waals surface area contributed by atoms with Crippen LogP contribution in [0.15, 0.2) is 0 Å². The van der Waals surface area contributed by atoms with Crippen LogP contribution in [0.3, 0.4) is 0 Å². The zero-order chi connectivity index (χ0) is 19.9. The minimum Gasteiger partial charge on any atom is -0.392 e. The van der Waals surface area contributed by atoms with Crippen LogP contribution in [0.5, 0.6) is 0 Å². The number of carbonyl (C=O) groups excluding carboxylic acids is 2. The lowest BCUT2D eigenvalue weighted by Crippen LogP contribution is -2.47. The summed E-state index contributed by atoms with van der Waals surface area (Å²) >= 11 is 0. The Morgan fingerprint density at radius 1 is 1.08 bits per heavy atom. The molecule has 6 nitrogen and oxygen atoms in total. The SMILES string of the molecule is CCC(C)(CC(C)(C)C(=O)NCCC[N+](C)(C)C)C(=O)NCC(C)O. The van der Waals surface area contributed by atoms with E-state index in [0.29, 0.717) is 19.4 Å². The maximum atomic E-state index is 12.6. The molecule has 0 aliphatic carbocycles. The Hall–Kier alpha value is -1.14. The summed E-state index contributed by atoms with van der Waals surface area (Å²) in [6.45, 7) is 11.1. The van der Waals surface area contributed by atoms with E-state index in [9.17, 15) is 14.7 Å². The van der Waals surface area contributed by atoms with Crippen LogP contribution in [0.2, 0.25) is 0 Å². The molecular weight excluding hydrogens is 318 g/mol. The molecular formula is C19H40N3O3+. The molecule has 0 heterocycles. The van der Waals surface area contributed by atoms with Gasteiger partial charge in [-0.3, -0.25) is 9.59 Å². The third-order valence-electron chi connectivity index (χ3n) is 4.62. The van der Waals surface area contributed by atoms with Gasteiger partial charge in [0.25, 0.3) is 0 Å². The summed E-state index contributed by atoms with van der Waals surface area (Å²) in [5.41, 5.74) is -1.28. The molecule has 0 aromatic heterocycles. The first kappa shape index (κ1) is 23.9. The summed E-state index contributed by atoms with van der Waals surface area (Å²) in [6.07, 6.45) is 1.44. The van der Waals surface area contributed by atoms with Gasteiger partial charge in [-0.15, -0.1) is 0 Å². The number of carbonyl (C=O) groups is 2. The van der Waals surface area contributed by atoms with E-state index in [1.165, 1.54) is 0 Å². The van der Waals surface area contributed by atoms with E-state index in [2.05, 4.69) is 31.8 Å². The molecule has 0 aromatic carbocycles.